The molecule has 0 saturated carbocycles. The Kier molecular flexibility index (Phi) is 3.58. The first-order valence-electron chi connectivity index (χ1n) is 5.96. The Morgan fingerprint density at radius 1 is 1.20 bits per heavy atom. The lowest BCUT2D eigenvalue weighted by molar-refractivity contribution is 0.100. The molecule has 0 atom stereocenters. The van der Waals surface area contributed by atoms with Gasteiger partial charge in [0.1, 0.15) is 0 Å². The second-order valence-electron chi connectivity index (χ2n) is 4.36. The Hall–Kier alpha value is -3.00. The Morgan fingerprint density at radius 3 is 2.40 bits per heavy atom. The minimum Gasteiger partial charge on any atom is -0.399 e. The van der Waals surface area contributed by atoms with Crippen molar-refractivity contribution < 1.29 is 4.79 Å². The fraction of sp³-hybridized carbons (Fsp3) is 0.0667. The number of hydrogen-bond acceptors (Lipinski definition) is 4. The summed E-state index contributed by atoms with van der Waals surface area (Å²) in [6, 6.07) is 14.1. The number of hydrogen-bond donors (Lipinski definition) is 2. The molecule has 4 N–H and O–H groups in total. The smallest absolute Gasteiger partial charge is 0.250 e. The summed E-state index contributed by atoms with van der Waals surface area (Å²) in [5.41, 5.74) is 14.0. The van der Waals surface area contributed by atoms with Gasteiger partial charge >= 0.3 is 0 Å². The number of carbonyl (C=O) groups is 1. The number of nitrogen functional groups attached to an aromatic ring is 1. The number of anilines is 3. The number of carbonyl (C=O) groups excluding carboxylic acids is 1. The van der Waals surface area contributed by atoms with Crippen molar-refractivity contribution in [1.29, 1.82) is 5.26 Å². The SMILES string of the molecule is CN(c1ccc(C#N)cc1)c1ccc(N)cc1C(N)=O. The molecule has 5 nitrogen and oxygen atoms in total. The second-order valence-corrected chi connectivity index (χ2v) is 4.36. The van der Waals surface area contributed by atoms with Crippen LogP contribution in [0.2, 0.25) is 0 Å². The van der Waals surface area contributed by atoms with Crippen molar-refractivity contribution >= 4 is 23.0 Å². The van der Waals surface area contributed by atoms with E-state index in [9.17, 15) is 4.79 Å². The fourth-order valence-electron chi connectivity index (χ4n) is 1.94. The van der Waals surface area contributed by atoms with E-state index >= 15 is 0 Å². The van der Waals surface area contributed by atoms with E-state index in [4.69, 9.17) is 16.7 Å². The van der Waals surface area contributed by atoms with E-state index in [-0.39, 0.29) is 0 Å². The summed E-state index contributed by atoms with van der Waals surface area (Å²) < 4.78 is 0. The molecule has 0 aliphatic carbocycles. The number of nitrogens with zero attached hydrogens (tertiary/aromatic N) is 2. The molecular formula is C15H14N4O. The molecule has 0 radical (unpaired) electrons. The molecule has 0 unspecified atom stereocenters. The van der Waals surface area contributed by atoms with Crippen molar-refractivity contribution in [1.82, 2.24) is 0 Å². The van der Waals surface area contributed by atoms with Gasteiger partial charge in [0.2, 0.25) is 0 Å². The Bertz CT molecular complexity index is 686. The molecule has 0 bridgehead atoms. The first-order chi connectivity index (χ1) is 9.52. The van der Waals surface area contributed by atoms with Crippen LogP contribution in [-0.4, -0.2) is 13.0 Å². The lowest BCUT2D eigenvalue weighted by Gasteiger charge is -2.22. The monoisotopic (exact) mass is 266 g/mol. The summed E-state index contributed by atoms with van der Waals surface area (Å²) in [6.45, 7) is 0. The minimum atomic E-state index is -0.534. The molecule has 0 aliphatic heterocycles. The van der Waals surface area contributed by atoms with Crippen LogP contribution < -0.4 is 16.4 Å². The highest BCUT2D eigenvalue weighted by Gasteiger charge is 2.13. The number of primary amides is 1. The van der Waals surface area contributed by atoms with E-state index in [2.05, 4.69) is 6.07 Å². The number of rotatable bonds is 3. The molecule has 5 heteroatoms. The molecule has 0 fully saturated rings. The van der Waals surface area contributed by atoms with Crippen LogP contribution in [0.15, 0.2) is 42.5 Å². The van der Waals surface area contributed by atoms with Crippen molar-refractivity contribution in [3.63, 3.8) is 0 Å². The first kappa shape index (κ1) is 13.4. The van der Waals surface area contributed by atoms with E-state index in [1.807, 2.05) is 11.9 Å². The van der Waals surface area contributed by atoms with Crippen LogP contribution in [-0.2, 0) is 0 Å². The topological polar surface area (TPSA) is 96.1 Å². The van der Waals surface area contributed by atoms with Crippen LogP contribution in [0.25, 0.3) is 0 Å². The maximum absolute atomic E-state index is 11.5. The lowest BCUT2D eigenvalue weighted by Crippen LogP contribution is -2.18. The predicted octanol–water partition coefficient (Wildman–Crippen LogP) is 2.01. The number of benzene rings is 2. The van der Waals surface area contributed by atoms with Crippen LogP contribution >= 0.6 is 0 Å². The average molecular weight is 266 g/mol. The van der Waals surface area contributed by atoms with Crippen molar-refractivity contribution in [2.45, 2.75) is 0 Å². The van der Waals surface area contributed by atoms with Gasteiger partial charge in [-0.2, -0.15) is 5.26 Å². The third-order valence-electron chi connectivity index (χ3n) is 3.03. The lowest BCUT2D eigenvalue weighted by atomic mass is 10.1. The van der Waals surface area contributed by atoms with Gasteiger partial charge in [-0.1, -0.05) is 0 Å². The molecule has 2 rings (SSSR count). The van der Waals surface area contributed by atoms with Crippen molar-refractivity contribution in [3.8, 4) is 6.07 Å². The van der Waals surface area contributed by atoms with Crippen LogP contribution in [0, 0.1) is 11.3 Å². The van der Waals surface area contributed by atoms with Gasteiger partial charge in [0.15, 0.2) is 0 Å². The molecule has 2 aromatic rings. The Labute approximate surface area is 117 Å². The number of amides is 1. The van der Waals surface area contributed by atoms with Gasteiger partial charge < -0.3 is 16.4 Å². The zero-order chi connectivity index (χ0) is 14.7. The summed E-state index contributed by atoms with van der Waals surface area (Å²) in [7, 11) is 1.82. The summed E-state index contributed by atoms with van der Waals surface area (Å²) in [5, 5.41) is 8.79. The molecule has 0 spiro atoms. The largest absolute Gasteiger partial charge is 0.399 e. The van der Waals surface area contributed by atoms with Gasteiger partial charge in [-0.25, -0.2) is 0 Å². The minimum absolute atomic E-state index is 0.358. The zero-order valence-corrected chi connectivity index (χ0v) is 11.0. The predicted molar refractivity (Wildman–Crippen MR) is 78.6 cm³/mol. The highest BCUT2D eigenvalue weighted by Crippen LogP contribution is 2.28. The normalized spacial score (nSPS) is 9.80. The third kappa shape index (κ3) is 2.54. The zero-order valence-electron chi connectivity index (χ0n) is 11.0. The summed E-state index contributed by atoms with van der Waals surface area (Å²) in [4.78, 5) is 13.3. The average Bonchev–Trinajstić information content (AvgIpc) is 2.46. The van der Waals surface area contributed by atoms with E-state index in [1.54, 1.807) is 42.5 Å². The van der Waals surface area contributed by atoms with Gasteiger partial charge in [-0.15, -0.1) is 0 Å². The van der Waals surface area contributed by atoms with Gasteiger partial charge in [0, 0.05) is 18.4 Å². The molecular weight excluding hydrogens is 252 g/mol. The van der Waals surface area contributed by atoms with Crippen LogP contribution in [0.1, 0.15) is 15.9 Å². The highest BCUT2D eigenvalue weighted by molar-refractivity contribution is 6.00. The van der Waals surface area contributed by atoms with E-state index in [0.717, 1.165) is 5.69 Å². The molecule has 20 heavy (non-hydrogen) atoms. The maximum atomic E-state index is 11.5. The van der Waals surface area contributed by atoms with Crippen molar-refractivity contribution in [2.75, 3.05) is 17.7 Å². The summed E-state index contributed by atoms with van der Waals surface area (Å²) >= 11 is 0. The molecule has 1 amide bonds. The van der Waals surface area contributed by atoms with E-state index < -0.39 is 5.91 Å². The Morgan fingerprint density at radius 2 is 1.85 bits per heavy atom. The second kappa shape index (κ2) is 5.33. The quantitative estimate of drug-likeness (QED) is 0.830. The first-order valence-corrected chi connectivity index (χ1v) is 5.96. The molecule has 2 aromatic carbocycles. The maximum Gasteiger partial charge on any atom is 0.250 e. The van der Waals surface area contributed by atoms with E-state index in [1.165, 1.54) is 0 Å². The summed E-state index contributed by atoms with van der Waals surface area (Å²) in [6.07, 6.45) is 0. The molecule has 0 aliphatic rings. The van der Waals surface area contributed by atoms with E-state index in [0.29, 0.717) is 22.5 Å². The molecule has 0 heterocycles. The van der Waals surface area contributed by atoms with Crippen LogP contribution in [0.4, 0.5) is 17.1 Å². The molecule has 100 valence electrons. The molecule has 0 aromatic heterocycles. The number of nitriles is 1. The van der Waals surface area contributed by atoms with Crippen LogP contribution in [0.5, 0.6) is 0 Å². The van der Waals surface area contributed by atoms with Gasteiger partial charge in [0.25, 0.3) is 5.91 Å². The van der Waals surface area contributed by atoms with Gasteiger partial charge in [-0.3, -0.25) is 4.79 Å². The highest BCUT2D eigenvalue weighted by atomic mass is 16.1. The third-order valence-corrected chi connectivity index (χ3v) is 3.03. The van der Waals surface area contributed by atoms with Crippen molar-refractivity contribution in [2.24, 2.45) is 5.73 Å². The van der Waals surface area contributed by atoms with Crippen molar-refractivity contribution in [3.05, 3.63) is 53.6 Å². The van der Waals surface area contributed by atoms with Gasteiger partial charge in [-0.05, 0) is 42.5 Å². The Balaban J connectivity index is 2.44. The summed E-state index contributed by atoms with van der Waals surface area (Å²) in [5.74, 6) is -0.534. The molecule has 0 saturated heterocycles. The van der Waals surface area contributed by atoms with Gasteiger partial charge in [0.05, 0.1) is 22.9 Å². The standard InChI is InChI=1S/C15H14N4O/c1-19(12-5-2-10(9-16)3-6-12)14-7-4-11(17)8-13(14)15(18)20/h2-8H,17H2,1H3,(H2,18,20). The fourth-order valence-corrected chi connectivity index (χ4v) is 1.94. The van der Waals surface area contributed by atoms with Crippen LogP contribution in [0.3, 0.4) is 0 Å². The number of nitrogens with two attached hydrogens (primary N) is 2.